The van der Waals surface area contributed by atoms with Crippen molar-refractivity contribution in [2.45, 2.75) is 27.2 Å². The summed E-state index contributed by atoms with van der Waals surface area (Å²) in [5.41, 5.74) is 2.69. The summed E-state index contributed by atoms with van der Waals surface area (Å²) in [5.74, 6) is -0.760. The number of aryl methyl sites for hydroxylation is 2. The first-order chi connectivity index (χ1) is 8.31. The van der Waals surface area contributed by atoms with Crippen molar-refractivity contribution >= 4 is 16.9 Å². The van der Waals surface area contributed by atoms with Gasteiger partial charge in [-0.2, -0.15) is 0 Å². The molecule has 0 bridgehead atoms. The van der Waals surface area contributed by atoms with E-state index in [1.807, 2.05) is 7.05 Å². The normalized spacial score (nSPS) is 12.0. The molecule has 0 aliphatic carbocycles. The number of carbonyl (C=O) groups is 1. The first-order valence-corrected chi connectivity index (χ1v) is 6.09. The number of carboxylic acids is 1. The Morgan fingerprint density at radius 2 is 2.00 bits per heavy atom. The van der Waals surface area contributed by atoms with Crippen molar-refractivity contribution in [1.29, 1.82) is 0 Å². The summed E-state index contributed by atoms with van der Waals surface area (Å²) in [4.78, 5) is 11.2. The zero-order chi connectivity index (χ0) is 13.5. The van der Waals surface area contributed by atoms with E-state index in [1.165, 1.54) is 10.9 Å². The topological polar surface area (TPSA) is 42.2 Å². The lowest BCUT2D eigenvalue weighted by Gasteiger charge is -2.19. The lowest BCUT2D eigenvalue weighted by molar-refractivity contribution is -0.146. The summed E-state index contributed by atoms with van der Waals surface area (Å²) >= 11 is 0. The summed E-state index contributed by atoms with van der Waals surface area (Å²) in [7, 11) is 2.00. The zero-order valence-corrected chi connectivity index (χ0v) is 11.3. The van der Waals surface area contributed by atoms with Gasteiger partial charge in [-0.15, -0.1) is 0 Å². The third-order valence-corrected chi connectivity index (χ3v) is 3.50. The average molecular weight is 245 g/mol. The van der Waals surface area contributed by atoms with Crippen molar-refractivity contribution in [3.05, 3.63) is 35.5 Å². The van der Waals surface area contributed by atoms with Gasteiger partial charge in [-0.05, 0) is 43.9 Å². The largest absolute Gasteiger partial charge is 0.481 e. The van der Waals surface area contributed by atoms with Crippen LogP contribution in [0.5, 0.6) is 0 Å². The molecule has 1 N–H and O–H groups in total. The molecule has 2 aromatic rings. The third-order valence-electron chi connectivity index (χ3n) is 3.50. The van der Waals surface area contributed by atoms with E-state index in [2.05, 4.69) is 35.8 Å². The van der Waals surface area contributed by atoms with Crippen LogP contribution in [0.2, 0.25) is 0 Å². The zero-order valence-electron chi connectivity index (χ0n) is 11.3. The summed E-state index contributed by atoms with van der Waals surface area (Å²) < 4.78 is 2.09. The molecule has 0 radical (unpaired) electrons. The Bertz CT molecular complexity index is 608. The molecule has 18 heavy (non-hydrogen) atoms. The second-order valence-corrected chi connectivity index (χ2v) is 5.62. The molecule has 0 amide bonds. The van der Waals surface area contributed by atoms with Crippen LogP contribution in [-0.2, 0) is 18.3 Å². The van der Waals surface area contributed by atoms with Crippen LogP contribution in [0.3, 0.4) is 0 Å². The fraction of sp³-hybridized carbons (Fsp3) is 0.400. The average Bonchev–Trinajstić information content (AvgIpc) is 2.56. The smallest absolute Gasteiger partial charge is 0.309 e. The van der Waals surface area contributed by atoms with Crippen LogP contribution in [0.15, 0.2) is 24.3 Å². The minimum absolute atomic E-state index is 0.534. The van der Waals surface area contributed by atoms with Gasteiger partial charge in [0.05, 0.1) is 5.41 Å². The standard InChI is InChI=1S/C15H19NO2/c1-10-5-6-11-8-12(16(4)13(11)7-10)9-15(2,3)14(17)18/h5-8H,9H2,1-4H3,(H,17,18). The Labute approximate surface area is 107 Å². The fourth-order valence-electron chi connectivity index (χ4n) is 2.20. The number of hydrogen-bond acceptors (Lipinski definition) is 1. The van der Waals surface area contributed by atoms with Gasteiger partial charge in [-0.25, -0.2) is 0 Å². The molecule has 2 rings (SSSR count). The van der Waals surface area contributed by atoms with E-state index < -0.39 is 11.4 Å². The molecule has 3 nitrogen and oxygen atoms in total. The van der Waals surface area contributed by atoms with E-state index in [0.717, 1.165) is 11.2 Å². The summed E-state index contributed by atoms with van der Waals surface area (Å²) in [6.45, 7) is 5.59. The molecule has 3 heteroatoms. The highest BCUT2D eigenvalue weighted by atomic mass is 16.4. The van der Waals surface area contributed by atoms with Crippen molar-refractivity contribution in [2.75, 3.05) is 0 Å². The van der Waals surface area contributed by atoms with Crippen molar-refractivity contribution in [3.63, 3.8) is 0 Å². The highest BCUT2D eigenvalue weighted by Gasteiger charge is 2.28. The summed E-state index contributed by atoms with van der Waals surface area (Å²) in [5, 5.41) is 10.4. The SMILES string of the molecule is Cc1ccc2cc(CC(C)(C)C(=O)O)n(C)c2c1. The summed E-state index contributed by atoms with van der Waals surface area (Å²) in [6, 6.07) is 8.38. The molecular weight excluding hydrogens is 226 g/mol. The van der Waals surface area contributed by atoms with Gasteiger partial charge in [-0.3, -0.25) is 4.79 Å². The molecule has 0 saturated carbocycles. The van der Waals surface area contributed by atoms with Crippen molar-refractivity contribution in [1.82, 2.24) is 4.57 Å². The predicted octanol–water partition coefficient (Wildman–Crippen LogP) is 3.14. The van der Waals surface area contributed by atoms with Gasteiger partial charge in [0.15, 0.2) is 0 Å². The minimum atomic E-state index is -0.760. The number of carboxylic acid groups (broad SMARTS) is 1. The van der Waals surface area contributed by atoms with Crippen LogP contribution in [-0.4, -0.2) is 15.6 Å². The van der Waals surface area contributed by atoms with Gasteiger partial charge in [0.2, 0.25) is 0 Å². The molecule has 0 fully saturated rings. The molecule has 96 valence electrons. The van der Waals surface area contributed by atoms with E-state index in [9.17, 15) is 9.90 Å². The van der Waals surface area contributed by atoms with E-state index in [-0.39, 0.29) is 0 Å². The van der Waals surface area contributed by atoms with E-state index >= 15 is 0 Å². The van der Waals surface area contributed by atoms with Crippen LogP contribution in [0.4, 0.5) is 0 Å². The Morgan fingerprint density at radius 3 is 2.61 bits per heavy atom. The number of fused-ring (bicyclic) bond motifs is 1. The Kier molecular flexibility index (Phi) is 2.93. The molecule has 1 heterocycles. The second-order valence-electron chi connectivity index (χ2n) is 5.62. The lowest BCUT2D eigenvalue weighted by Crippen LogP contribution is -2.27. The van der Waals surface area contributed by atoms with Crippen LogP contribution in [0.25, 0.3) is 10.9 Å². The molecule has 0 aliphatic rings. The van der Waals surface area contributed by atoms with E-state index in [0.29, 0.717) is 6.42 Å². The molecule has 0 spiro atoms. The van der Waals surface area contributed by atoms with Gasteiger partial charge in [-0.1, -0.05) is 12.1 Å². The van der Waals surface area contributed by atoms with Crippen molar-refractivity contribution in [2.24, 2.45) is 12.5 Å². The molecular formula is C15H19NO2. The molecule has 0 unspecified atom stereocenters. The Balaban J connectivity index is 2.47. The second kappa shape index (κ2) is 4.16. The number of aromatic nitrogens is 1. The minimum Gasteiger partial charge on any atom is -0.481 e. The highest BCUT2D eigenvalue weighted by molar-refractivity contribution is 5.82. The van der Waals surface area contributed by atoms with Gasteiger partial charge < -0.3 is 9.67 Å². The Morgan fingerprint density at radius 1 is 1.33 bits per heavy atom. The highest BCUT2D eigenvalue weighted by Crippen LogP contribution is 2.27. The number of benzene rings is 1. The fourth-order valence-corrected chi connectivity index (χ4v) is 2.20. The number of aliphatic carboxylic acids is 1. The van der Waals surface area contributed by atoms with Crippen LogP contribution < -0.4 is 0 Å². The van der Waals surface area contributed by atoms with Gasteiger partial charge in [0.25, 0.3) is 0 Å². The van der Waals surface area contributed by atoms with E-state index in [4.69, 9.17) is 0 Å². The van der Waals surface area contributed by atoms with E-state index in [1.54, 1.807) is 13.8 Å². The first-order valence-electron chi connectivity index (χ1n) is 6.09. The number of nitrogens with zero attached hydrogens (tertiary/aromatic N) is 1. The maximum absolute atomic E-state index is 11.2. The number of hydrogen-bond donors (Lipinski definition) is 1. The molecule has 0 aliphatic heterocycles. The van der Waals surface area contributed by atoms with Crippen molar-refractivity contribution < 1.29 is 9.90 Å². The van der Waals surface area contributed by atoms with Crippen molar-refractivity contribution in [3.8, 4) is 0 Å². The number of rotatable bonds is 3. The van der Waals surface area contributed by atoms with Gasteiger partial charge in [0.1, 0.15) is 0 Å². The maximum Gasteiger partial charge on any atom is 0.309 e. The molecule has 1 aromatic heterocycles. The molecule has 0 atom stereocenters. The first kappa shape index (κ1) is 12.7. The quantitative estimate of drug-likeness (QED) is 0.902. The van der Waals surface area contributed by atoms with Crippen LogP contribution >= 0.6 is 0 Å². The van der Waals surface area contributed by atoms with Crippen LogP contribution in [0, 0.1) is 12.3 Å². The summed E-state index contributed by atoms with van der Waals surface area (Å²) in [6.07, 6.45) is 0.534. The van der Waals surface area contributed by atoms with Gasteiger partial charge in [0, 0.05) is 24.7 Å². The molecule has 0 saturated heterocycles. The Hall–Kier alpha value is -1.77. The van der Waals surface area contributed by atoms with Crippen LogP contribution in [0.1, 0.15) is 25.1 Å². The predicted molar refractivity (Wildman–Crippen MR) is 72.8 cm³/mol. The third kappa shape index (κ3) is 2.13. The van der Waals surface area contributed by atoms with Gasteiger partial charge >= 0.3 is 5.97 Å². The monoisotopic (exact) mass is 245 g/mol. The lowest BCUT2D eigenvalue weighted by atomic mass is 9.88. The maximum atomic E-state index is 11.2. The molecule has 1 aromatic carbocycles.